The molecule has 0 fully saturated rings. The molecule has 6 nitrogen and oxygen atoms in total. The molecular formula is C29H39N3O3. The van der Waals surface area contributed by atoms with Gasteiger partial charge >= 0.3 is 5.97 Å². The van der Waals surface area contributed by atoms with Crippen LogP contribution in [0.5, 0.6) is 5.75 Å². The number of nitrogens with zero attached hydrogens (tertiary/aromatic N) is 2. The maximum Gasteiger partial charge on any atom is 0.306 e. The Hall–Kier alpha value is -3.15. The first-order valence-corrected chi connectivity index (χ1v) is 12.8. The van der Waals surface area contributed by atoms with E-state index in [0.717, 1.165) is 40.7 Å². The maximum absolute atomic E-state index is 12.4. The van der Waals surface area contributed by atoms with Crippen LogP contribution in [-0.4, -0.2) is 33.1 Å². The summed E-state index contributed by atoms with van der Waals surface area (Å²) in [6.45, 7) is 8.93. The van der Waals surface area contributed by atoms with Gasteiger partial charge in [0.25, 0.3) is 0 Å². The van der Waals surface area contributed by atoms with E-state index >= 15 is 0 Å². The fourth-order valence-electron chi connectivity index (χ4n) is 4.28. The molecule has 188 valence electrons. The first-order valence-electron chi connectivity index (χ1n) is 12.8. The van der Waals surface area contributed by atoms with Gasteiger partial charge in [-0.15, -0.1) is 5.10 Å². The van der Waals surface area contributed by atoms with Gasteiger partial charge in [-0.1, -0.05) is 95.3 Å². The number of carbonyl (C=O) groups excluding carboxylic acids is 1. The molecule has 0 saturated carbocycles. The van der Waals surface area contributed by atoms with Gasteiger partial charge in [0.15, 0.2) is 0 Å². The second-order valence-electron chi connectivity index (χ2n) is 10.2. The molecule has 0 amide bonds. The van der Waals surface area contributed by atoms with Gasteiger partial charge in [0.05, 0.1) is 12.8 Å². The lowest BCUT2D eigenvalue weighted by atomic mass is 9.82. The minimum absolute atomic E-state index is 0.173. The number of unbranched alkanes of at least 4 members (excludes halogenated alkanes) is 5. The SMILES string of the molecule is CCCCCCCCOC(=O)CCc1cc(-c2ccccc2-c2c[nH]nn2)c(O)c(C(C)(C)C)c1. The minimum Gasteiger partial charge on any atom is -0.507 e. The largest absolute Gasteiger partial charge is 0.507 e. The zero-order chi connectivity index (χ0) is 25.3. The fraction of sp³-hybridized carbons (Fsp3) is 0.483. The molecule has 2 aromatic carbocycles. The standard InChI is InChI=1S/C29H39N3O3/c1-5-6-7-8-9-12-17-35-27(33)16-15-21-18-24(28(34)25(19-21)29(2,3)4)22-13-10-11-14-23(22)26-20-30-32-31-26/h10-11,13-14,18-20,34H,5-9,12,15-17H2,1-4H3,(H,30,31,32). The number of aromatic hydroxyl groups is 1. The van der Waals surface area contributed by atoms with Crippen molar-refractivity contribution in [2.75, 3.05) is 6.61 Å². The van der Waals surface area contributed by atoms with Crippen molar-refractivity contribution in [3.8, 4) is 28.1 Å². The molecule has 0 radical (unpaired) electrons. The zero-order valence-corrected chi connectivity index (χ0v) is 21.6. The Balaban J connectivity index is 1.76. The van der Waals surface area contributed by atoms with Crippen molar-refractivity contribution in [1.82, 2.24) is 15.4 Å². The predicted molar refractivity (Wildman–Crippen MR) is 140 cm³/mol. The molecule has 0 aliphatic heterocycles. The molecule has 3 aromatic rings. The Morgan fingerprint density at radius 1 is 1.00 bits per heavy atom. The molecule has 2 N–H and O–H groups in total. The van der Waals surface area contributed by atoms with Crippen LogP contribution < -0.4 is 0 Å². The first kappa shape index (κ1) is 26.5. The van der Waals surface area contributed by atoms with Crippen LogP contribution in [0.1, 0.15) is 83.8 Å². The molecule has 0 aliphatic rings. The number of phenols is 1. The second kappa shape index (κ2) is 12.5. The van der Waals surface area contributed by atoms with Gasteiger partial charge in [-0.25, -0.2) is 0 Å². The molecule has 0 unspecified atom stereocenters. The van der Waals surface area contributed by atoms with Gasteiger partial charge in [-0.05, 0) is 35.4 Å². The number of carbonyl (C=O) groups is 1. The summed E-state index contributed by atoms with van der Waals surface area (Å²) in [6.07, 6.45) is 9.60. The molecule has 0 saturated heterocycles. The molecule has 0 bridgehead atoms. The van der Waals surface area contributed by atoms with E-state index in [1.807, 2.05) is 36.4 Å². The van der Waals surface area contributed by atoms with Crippen LogP contribution in [0.3, 0.4) is 0 Å². The highest BCUT2D eigenvalue weighted by Crippen LogP contribution is 2.42. The van der Waals surface area contributed by atoms with Crippen LogP contribution in [0, 0.1) is 0 Å². The minimum atomic E-state index is -0.268. The lowest BCUT2D eigenvalue weighted by molar-refractivity contribution is -0.143. The van der Waals surface area contributed by atoms with Crippen LogP contribution in [0.4, 0.5) is 0 Å². The van der Waals surface area contributed by atoms with Crippen molar-refractivity contribution < 1.29 is 14.6 Å². The van der Waals surface area contributed by atoms with Gasteiger partial charge in [0.1, 0.15) is 11.4 Å². The van der Waals surface area contributed by atoms with Gasteiger partial charge in [0, 0.05) is 23.1 Å². The molecule has 0 atom stereocenters. The summed E-state index contributed by atoms with van der Waals surface area (Å²) in [4.78, 5) is 12.4. The van der Waals surface area contributed by atoms with E-state index in [-0.39, 0.29) is 17.1 Å². The third-order valence-corrected chi connectivity index (χ3v) is 6.27. The number of aryl methyl sites for hydroxylation is 1. The van der Waals surface area contributed by atoms with Crippen LogP contribution in [0.15, 0.2) is 42.6 Å². The Labute approximate surface area is 209 Å². The van der Waals surface area contributed by atoms with Crippen molar-refractivity contribution >= 4 is 5.97 Å². The summed E-state index contributed by atoms with van der Waals surface area (Å²) in [6, 6.07) is 11.8. The van der Waals surface area contributed by atoms with Crippen molar-refractivity contribution in [2.45, 2.75) is 84.5 Å². The van der Waals surface area contributed by atoms with Gasteiger partial charge < -0.3 is 9.84 Å². The molecule has 0 spiro atoms. The highest BCUT2D eigenvalue weighted by Gasteiger charge is 2.23. The Kier molecular flexibility index (Phi) is 9.47. The van der Waals surface area contributed by atoms with E-state index in [9.17, 15) is 9.90 Å². The van der Waals surface area contributed by atoms with E-state index in [0.29, 0.717) is 25.1 Å². The Morgan fingerprint density at radius 2 is 1.71 bits per heavy atom. The molecule has 0 aliphatic carbocycles. The van der Waals surface area contributed by atoms with Crippen molar-refractivity contribution in [2.24, 2.45) is 0 Å². The van der Waals surface area contributed by atoms with Crippen LogP contribution in [-0.2, 0) is 21.4 Å². The number of aromatic amines is 1. The van der Waals surface area contributed by atoms with Crippen LogP contribution >= 0.6 is 0 Å². The number of nitrogens with one attached hydrogen (secondary N) is 1. The van der Waals surface area contributed by atoms with E-state index in [1.54, 1.807) is 6.20 Å². The van der Waals surface area contributed by atoms with Gasteiger partial charge in [-0.3, -0.25) is 9.89 Å². The number of phenolic OH excluding ortho intramolecular Hbond substituents is 1. The van der Waals surface area contributed by atoms with Gasteiger partial charge in [-0.2, -0.15) is 0 Å². The van der Waals surface area contributed by atoms with E-state index in [4.69, 9.17) is 4.74 Å². The molecule has 1 aromatic heterocycles. The Bertz CT molecular complexity index is 1090. The van der Waals surface area contributed by atoms with Crippen LogP contribution in [0.2, 0.25) is 0 Å². The summed E-state index contributed by atoms with van der Waals surface area (Å²) in [5, 5.41) is 22.0. The third kappa shape index (κ3) is 7.41. The fourth-order valence-corrected chi connectivity index (χ4v) is 4.28. The summed E-state index contributed by atoms with van der Waals surface area (Å²) >= 11 is 0. The quantitative estimate of drug-likeness (QED) is 0.217. The monoisotopic (exact) mass is 477 g/mol. The summed E-state index contributed by atoms with van der Waals surface area (Å²) in [5.41, 5.74) is 4.77. The van der Waals surface area contributed by atoms with Crippen LogP contribution in [0.25, 0.3) is 22.4 Å². The summed E-state index contributed by atoms with van der Waals surface area (Å²) < 4.78 is 5.47. The average molecular weight is 478 g/mol. The number of ether oxygens (including phenoxy) is 1. The van der Waals surface area contributed by atoms with E-state index in [1.165, 1.54) is 25.7 Å². The molecular weight excluding hydrogens is 438 g/mol. The van der Waals surface area contributed by atoms with Gasteiger partial charge in [0.2, 0.25) is 0 Å². The number of hydrogen-bond donors (Lipinski definition) is 2. The number of H-pyrrole nitrogens is 1. The second-order valence-corrected chi connectivity index (χ2v) is 10.2. The lowest BCUT2D eigenvalue weighted by Crippen LogP contribution is -2.13. The van der Waals surface area contributed by atoms with Crippen molar-refractivity contribution in [3.05, 3.63) is 53.7 Å². The molecule has 3 rings (SSSR count). The topological polar surface area (TPSA) is 88.1 Å². The summed E-state index contributed by atoms with van der Waals surface area (Å²) in [5.74, 6) is 0.0799. The number of esters is 1. The first-order chi connectivity index (χ1) is 16.8. The number of rotatable bonds is 12. The van der Waals surface area contributed by atoms with Crippen molar-refractivity contribution in [3.63, 3.8) is 0 Å². The normalized spacial score (nSPS) is 11.5. The molecule has 1 heterocycles. The third-order valence-electron chi connectivity index (χ3n) is 6.27. The average Bonchev–Trinajstić information content (AvgIpc) is 3.37. The zero-order valence-electron chi connectivity index (χ0n) is 21.6. The highest BCUT2D eigenvalue weighted by molar-refractivity contribution is 5.85. The highest BCUT2D eigenvalue weighted by atomic mass is 16.5. The van der Waals surface area contributed by atoms with Crippen molar-refractivity contribution in [1.29, 1.82) is 0 Å². The smallest absolute Gasteiger partial charge is 0.306 e. The number of aromatic nitrogens is 3. The number of benzene rings is 2. The lowest BCUT2D eigenvalue weighted by Gasteiger charge is -2.24. The summed E-state index contributed by atoms with van der Waals surface area (Å²) in [7, 11) is 0. The van der Waals surface area contributed by atoms with E-state index < -0.39 is 0 Å². The number of hydrogen-bond acceptors (Lipinski definition) is 5. The predicted octanol–water partition coefficient (Wildman–Crippen LogP) is 6.98. The molecule has 35 heavy (non-hydrogen) atoms. The van der Waals surface area contributed by atoms with E-state index in [2.05, 4.69) is 43.1 Å². The molecule has 6 heteroatoms. The Morgan fingerprint density at radius 3 is 2.40 bits per heavy atom. The maximum atomic E-state index is 12.4.